The molecule has 0 bridgehead atoms. The Hall–Kier alpha value is -2.80. The lowest BCUT2D eigenvalue weighted by Crippen LogP contribution is -2.31. The fraction of sp³-hybridized carbons (Fsp3) is 0.300. The molecule has 1 unspecified atom stereocenters. The molecule has 0 spiro atoms. The average Bonchev–Trinajstić information content (AvgIpc) is 3.32. The Bertz CT molecular complexity index is 917. The van der Waals surface area contributed by atoms with Crippen LogP contribution < -0.4 is 15.4 Å². The van der Waals surface area contributed by atoms with Crippen molar-refractivity contribution in [2.24, 2.45) is 0 Å². The van der Waals surface area contributed by atoms with Gasteiger partial charge in [0, 0.05) is 29.3 Å². The largest absolute Gasteiger partial charge is 0.490 e. The molecule has 2 aromatic heterocycles. The summed E-state index contributed by atoms with van der Waals surface area (Å²) in [4.78, 5) is 24.0. The first-order chi connectivity index (χ1) is 13.1. The fourth-order valence-corrected chi connectivity index (χ4v) is 3.34. The number of ether oxygens (including phenoxy) is 1. The molecule has 2 amide bonds. The number of carbonyl (C=O) groups excluding carboxylic acids is 2. The topological polar surface area (TPSA) is 80.6 Å². The van der Waals surface area contributed by atoms with E-state index in [-0.39, 0.29) is 30.8 Å². The van der Waals surface area contributed by atoms with Gasteiger partial charge in [0.25, 0.3) is 5.91 Å². The van der Waals surface area contributed by atoms with Crippen LogP contribution in [0.1, 0.15) is 42.4 Å². The minimum absolute atomic E-state index is 0.154. The summed E-state index contributed by atoms with van der Waals surface area (Å²) in [5.41, 5.74) is 1.29. The first-order valence-corrected chi connectivity index (χ1v) is 9.77. The van der Waals surface area contributed by atoms with Crippen molar-refractivity contribution in [2.45, 2.75) is 26.3 Å². The van der Waals surface area contributed by atoms with E-state index in [1.165, 1.54) is 11.3 Å². The van der Waals surface area contributed by atoms with Gasteiger partial charge in [-0.1, -0.05) is 12.1 Å². The molecule has 0 fully saturated rings. The summed E-state index contributed by atoms with van der Waals surface area (Å²) in [6.07, 6.45) is 0.199. The molecule has 0 radical (unpaired) electrons. The second-order valence-corrected chi connectivity index (χ2v) is 6.84. The van der Waals surface area contributed by atoms with E-state index in [2.05, 4.69) is 10.6 Å². The van der Waals surface area contributed by atoms with Crippen LogP contribution in [0.15, 0.2) is 45.5 Å². The van der Waals surface area contributed by atoms with Crippen molar-refractivity contribution >= 4 is 34.1 Å². The summed E-state index contributed by atoms with van der Waals surface area (Å²) < 4.78 is 11.5. The Morgan fingerprint density at radius 1 is 1.30 bits per heavy atom. The second-order valence-electron chi connectivity index (χ2n) is 6.06. The highest BCUT2D eigenvalue weighted by molar-refractivity contribution is 7.08. The molecule has 1 aromatic carbocycles. The van der Waals surface area contributed by atoms with Gasteiger partial charge in [-0.3, -0.25) is 9.59 Å². The zero-order valence-electron chi connectivity index (χ0n) is 15.3. The molecule has 1 atom stereocenters. The van der Waals surface area contributed by atoms with Crippen LogP contribution in [0.25, 0.3) is 11.0 Å². The normalized spacial score (nSPS) is 11.9. The van der Waals surface area contributed by atoms with Crippen molar-refractivity contribution in [3.63, 3.8) is 0 Å². The number of thiophene rings is 1. The highest BCUT2D eigenvalue weighted by Crippen LogP contribution is 2.31. The SMILES string of the molecule is CCOc1cccc2cc(C(C)NC(=O)CCNC(=O)c3ccsc3)oc12. The predicted octanol–water partition coefficient (Wildman–Crippen LogP) is 3.89. The molecule has 0 saturated carbocycles. The molecule has 27 heavy (non-hydrogen) atoms. The van der Waals surface area contributed by atoms with E-state index in [1.807, 2.05) is 43.5 Å². The van der Waals surface area contributed by atoms with Crippen LogP contribution in [0.4, 0.5) is 0 Å². The zero-order chi connectivity index (χ0) is 19.2. The second kappa shape index (κ2) is 8.73. The Balaban J connectivity index is 1.54. The maximum Gasteiger partial charge on any atom is 0.252 e. The van der Waals surface area contributed by atoms with Gasteiger partial charge >= 0.3 is 0 Å². The number of carbonyl (C=O) groups is 2. The smallest absolute Gasteiger partial charge is 0.252 e. The van der Waals surface area contributed by atoms with Crippen LogP contribution in [-0.4, -0.2) is 25.0 Å². The number of rotatable bonds is 8. The van der Waals surface area contributed by atoms with Crippen molar-refractivity contribution in [3.05, 3.63) is 52.4 Å². The van der Waals surface area contributed by atoms with Crippen LogP contribution in [0.2, 0.25) is 0 Å². The Kier molecular flexibility index (Phi) is 6.13. The number of hydrogen-bond acceptors (Lipinski definition) is 5. The van der Waals surface area contributed by atoms with E-state index in [0.29, 0.717) is 29.3 Å². The molecular formula is C20H22N2O4S. The average molecular weight is 386 g/mol. The van der Waals surface area contributed by atoms with Crippen molar-refractivity contribution in [3.8, 4) is 5.75 Å². The monoisotopic (exact) mass is 386 g/mol. The Morgan fingerprint density at radius 3 is 2.89 bits per heavy atom. The van der Waals surface area contributed by atoms with Gasteiger partial charge in [-0.2, -0.15) is 11.3 Å². The number of para-hydroxylation sites is 1. The lowest BCUT2D eigenvalue weighted by molar-refractivity contribution is -0.121. The molecule has 7 heteroatoms. The molecule has 0 aliphatic heterocycles. The van der Waals surface area contributed by atoms with E-state index >= 15 is 0 Å². The maximum atomic E-state index is 12.2. The van der Waals surface area contributed by atoms with Crippen LogP contribution >= 0.6 is 11.3 Å². The summed E-state index contributed by atoms with van der Waals surface area (Å²) in [5, 5.41) is 10.2. The van der Waals surface area contributed by atoms with Gasteiger partial charge in [0.1, 0.15) is 5.76 Å². The lowest BCUT2D eigenvalue weighted by Gasteiger charge is -2.11. The molecule has 6 nitrogen and oxygen atoms in total. The summed E-state index contributed by atoms with van der Waals surface area (Å²) in [6.45, 7) is 4.61. The number of amides is 2. The summed E-state index contributed by atoms with van der Waals surface area (Å²) in [5.74, 6) is 1.03. The first kappa shape index (κ1) is 19.0. The molecule has 3 rings (SSSR count). The van der Waals surface area contributed by atoms with Crippen LogP contribution in [0.5, 0.6) is 5.75 Å². The highest BCUT2D eigenvalue weighted by Gasteiger charge is 2.16. The molecular weight excluding hydrogens is 364 g/mol. The third-order valence-corrected chi connectivity index (χ3v) is 4.74. The van der Waals surface area contributed by atoms with E-state index in [9.17, 15) is 9.59 Å². The summed E-state index contributed by atoms with van der Waals surface area (Å²) >= 11 is 1.46. The zero-order valence-corrected chi connectivity index (χ0v) is 16.1. The molecule has 0 aliphatic carbocycles. The van der Waals surface area contributed by atoms with Gasteiger partial charge in [-0.15, -0.1) is 0 Å². The minimum Gasteiger partial charge on any atom is -0.490 e. The number of nitrogens with one attached hydrogen (secondary N) is 2. The van der Waals surface area contributed by atoms with Crippen molar-refractivity contribution in [1.29, 1.82) is 0 Å². The summed E-state index contributed by atoms with van der Waals surface area (Å²) in [7, 11) is 0. The van der Waals surface area contributed by atoms with Gasteiger partial charge in [0.15, 0.2) is 11.3 Å². The van der Waals surface area contributed by atoms with Crippen molar-refractivity contribution in [1.82, 2.24) is 10.6 Å². The molecule has 2 N–H and O–H groups in total. The van der Waals surface area contributed by atoms with Crippen LogP contribution in [-0.2, 0) is 4.79 Å². The number of furan rings is 1. The van der Waals surface area contributed by atoms with Gasteiger partial charge in [-0.25, -0.2) is 0 Å². The summed E-state index contributed by atoms with van der Waals surface area (Å²) in [6, 6.07) is 9.08. The first-order valence-electron chi connectivity index (χ1n) is 8.83. The third kappa shape index (κ3) is 4.68. The number of hydrogen-bond donors (Lipinski definition) is 2. The van der Waals surface area contributed by atoms with Crippen LogP contribution in [0, 0.1) is 0 Å². The van der Waals surface area contributed by atoms with Crippen LogP contribution in [0.3, 0.4) is 0 Å². The predicted molar refractivity (Wildman–Crippen MR) is 105 cm³/mol. The quantitative estimate of drug-likeness (QED) is 0.615. The maximum absolute atomic E-state index is 12.2. The van der Waals surface area contributed by atoms with E-state index in [0.717, 1.165) is 5.39 Å². The van der Waals surface area contributed by atoms with E-state index < -0.39 is 0 Å². The minimum atomic E-state index is -0.285. The fourth-order valence-electron chi connectivity index (χ4n) is 2.71. The van der Waals surface area contributed by atoms with E-state index in [1.54, 1.807) is 11.4 Å². The standard InChI is InChI=1S/C20H22N2O4S/c1-3-25-16-6-4-5-14-11-17(26-19(14)16)13(2)22-18(23)7-9-21-20(24)15-8-10-27-12-15/h4-6,8,10-13H,3,7,9H2,1-2H3,(H,21,24)(H,22,23). The van der Waals surface area contributed by atoms with Crippen molar-refractivity contribution < 1.29 is 18.7 Å². The lowest BCUT2D eigenvalue weighted by atomic mass is 10.2. The van der Waals surface area contributed by atoms with Gasteiger partial charge in [0.2, 0.25) is 5.91 Å². The Morgan fingerprint density at radius 2 is 2.15 bits per heavy atom. The molecule has 0 aliphatic rings. The van der Waals surface area contributed by atoms with Gasteiger partial charge in [-0.05, 0) is 37.4 Å². The number of fused-ring (bicyclic) bond motifs is 1. The molecule has 3 aromatic rings. The van der Waals surface area contributed by atoms with Gasteiger partial charge < -0.3 is 19.8 Å². The molecule has 0 saturated heterocycles. The van der Waals surface area contributed by atoms with Crippen molar-refractivity contribution in [2.75, 3.05) is 13.2 Å². The highest BCUT2D eigenvalue weighted by atomic mass is 32.1. The van der Waals surface area contributed by atoms with Gasteiger partial charge in [0.05, 0.1) is 12.6 Å². The molecule has 142 valence electrons. The third-order valence-electron chi connectivity index (χ3n) is 4.05. The van der Waals surface area contributed by atoms with E-state index in [4.69, 9.17) is 9.15 Å². The number of benzene rings is 1. The Labute approximate surface area is 161 Å². The molecule has 2 heterocycles.